The number of carboxylic acid groups (broad SMARTS) is 1. The van der Waals surface area contributed by atoms with Gasteiger partial charge in [0.05, 0.1) is 16.1 Å². The molecule has 0 radical (unpaired) electrons. The third-order valence-electron chi connectivity index (χ3n) is 5.60. The van der Waals surface area contributed by atoms with E-state index in [1.165, 1.54) is 22.3 Å². The number of aliphatic hydroxyl groups is 1. The van der Waals surface area contributed by atoms with E-state index in [1.54, 1.807) is 12.1 Å². The predicted molar refractivity (Wildman–Crippen MR) is 118 cm³/mol. The first kappa shape index (κ1) is 22.1. The van der Waals surface area contributed by atoms with Crippen LogP contribution in [0.2, 0.25) is 15.1 Å². The highest BCUT2D eigenvalue weighted by molar-refractivity contribution is 6.42. The number of rotatable bonds is 3. The van der Waals surface area contributed by atoms with Crippen molar-refractivity contribution in [2.24, 2.45) is 0 Å². The van der Waals surface area contributed by atoms with Gasteiger partial charge in [0, 0.05) is 24.2 Å². The normalized spacial score (nSPS) is 19.1. The van der Waals surface area contributed by atoms with Crippen LogP contribution in [0.5, 0.6) is 0 Å². The minimum atomic E-state index is -0.590. The number of hydrogen-bond acceptors (Lipinski definition) is 3. The molecule has 4 nitrogen and oxygen atoms in total. The molecule has 2 N–H and O–H groups in total. The Morgan fingerprint density at radius 2 is 1.90 bits per heavy atom. The van der Waals surface area contributed by atoms with Crippen LogP contribution in [0.25, 0.3) is 5.57 Å². The first-order valence-electron chi connectivity index (χ1n) is 9.31. The quantitative estimate of drug-likeness (QED) is 0.602. The highest BCUT2D eigenvalue weighted by atomic mass is 35.5. The Hall–Kier alpha value is -1.56. The molecule has 1 aliphatic carbocycles. The summed E-state index contributed by atoms with van der Waals surface area (Å²) in [6.45, 7) is 3.47. The summed E-state index contributed by atoms with van der Waals surface area (Å²) in [5.74, 6) is 0. The molecule has 0 saturated carbocycles. The number of nitrogens with zero attached hydrogens (tertiary/aromatic N) is 1. The second-order valence-corrected chi connectivity index (χ2v) is 8.45. The molecule has 7 heteroatoms. The first-order chi connectivity index (χ1) is 13.8. The molecular formula is C22H22Cl3NO3. The van der Waals surface area contributed by atoms with E-state index in [0.717, 1.165) is 30.0 Å². The average molecular weight is 455 g/mol. The Balaban J connectivity index is 0.000000755. The molecule has 0 bridgehead atoms. The number of aliphatic hydroxyl groups excluding tert-OH is 1. The van der Waals surface area contributed by atoms with Crippen molar-refractivity contribution in [1.29, 1.82) is 0 Å². The molecule has 154 valence electrons. The van der Waals surface area contributed by atoms with Gasteiger partial charge >= 0.3 is 0 Å². The lowest BCUT2D eigenvalue weighted by Gasteiger charge is -2.36. The zero-order chi connectivity index (χ0) is 21.1. The molecule has 1 heterocycles. The van der Waals surface area contributed by atoms with Crippen LogP contribution < -0.4 is 0 Å². The van der Waals surface area contributed by atoms with E-state index in [2.05, 4.69) is 24.0 Å². The van der Waals surface area contributed by atoms with E-state index in [-0.39, 0.29) is 6.47 Å². The molecule has 2 aromatic rings. The maximum absolute atomic E-state index is 10.7. The summed E-state index contributed by atoms with van der Waals surface area (Å²) in [4.78, 5) is 10.7. The molecule has 2 aliphatic rings. The Bertz CT molecular complexity index is 945. The Kier molecular flexibility index (Phi) is 7.25. The van der Waals surface area contributed by atoms with E-state index in [0.29, 0.717) is 22.6 Å². The van der Waals surface area contributed by atoms with Crippen molar-refractivity contribution < 1.29 is 15.0 Å². The molecule has 29 heavy (non-hydrogen) atoms. The third kappa shape index (κ3) is 4.79. The van der Waals surface area contributed by atoms with Crippen LogP contribution >= 0.6 is 34.8 Å². The molecular weight excluding hydrogens is 433 g/mol. The van der Waals surface area contributed by atoms with Crippen LogP contribution in [-0.4, -0.2) is 40.7 Å². The van der Waals surface area contributed by atoms with Gasteiger partial charge in [0.1, 0.15) is 0 Å². The van der Waals surface area contributed by atoms with Gasteiger partial charge in [-0.2, -0.15) is 0 Å². The number of carbonyl (C=O) groups is 1. The van der Waals surface area contributed by atoms with Gasteiger partial charge in [-0.05, 0) is 71.9 Å². The minimum Gasteiger partial charge on any atom is -0.483 e. The van der Waals surface area contributed by atoms with Gasteiger partial charge in [-0.25, -0.2) is 0 Å². The number of fused-ring (bicyclic) bond motifs is 2. The largest absolute Gasteiger partial charge is 0.483 e. The fourth-order valence-corrected chi connectivity index (χ4v) is 4.61. The van der Waals surface area contributed by atoms with Crippen molar-refractivity contribution in [2.45, 2.75) is 31.9 Å². The van der Waals surface area contributed by atoms with E-state index in [1.807, 2.05) is 12.1 Å². The summed E-state index contributed by atoms with van der Waals surface area (Å²) >= 11 is 18.3. The fraction of sp³-hybridized carbons (Fsp3) is 0.318. The molecule has 0 spiro atoms. The van der Waals surface area contributed by atoms with E-state index < -0.39 is 6.10 Å². The summed E-state index contributed by atoms with van der Waals surface area (Å²) < 4.78 is 0. The zero-order valence-electron chi connectivity index (χ0n) is 15.9. The summed E-state index contributed by atoms with van der Waals surface area (Å²) in [6, 6.07) is 11.8. The van der Waals surface area contributed by atoms with E-state index in [9.17, 15) is 5.11 Å². The molecule has 0 aromatic heterocycles. The van der Waals surface area contributed by atoms with Crippen molar-refractivity contribution >= 4 is 46.8 Å². The Morgan fingerprint density at radius 3 is 2.59 bits per heavy atom. The van der Waals surface area contributed by atoms with Gasteiger partial charge in [-0.15, -0.1) is 0 Å². The van der Waals surface area contributed by atoms with Crippen molar-refractivity contribution in [2.75, 3.05) is 13.1 Å². The molecule has 2 atom stereocenters. The minimum absolute atomic E-state index is 0.250. The summed E-state index contributed by atoms with van der Waals surface area (Å²) in [5, 5.41) is 19.3. The lowest BCUT2D eigenvalue weighted by atomic mass is 9.93. The average Bonchev–Trinajstić information content (AvgIpc) is 3.05. The molecule has 2 unspecified atom stereocenters. The van der Waals surface area contributed by atoms with Crippen LogP contribution in [0, 0.1) is 0 Å². The number of hydrogen-bond donors (Lipinski definition) is 2. The van der Waals surface area contributed by atoms with Crippen LogP contribution in [-0.2, 0) is 11.2 Å². The van der Waals surface area contributed by atoms with Gasteiger partial charge in [-0.1, -0.05) is 46.9 Å². The number of β-amino-alcohol motifs (C(OH)–C–C–N with tert-alkyl or cyclic N) is 1. The Morgan fingerprint density at radius 1 is 1.17 bits per heavy atom. The highest BCUT2D eigenvalue weighted by Crippen LogP contribution is 2.42. The molecule has 1 aliphatic heterocycles. The second-order valence-electron chi connectivity index (χ2n) is 7.20. The topological polar surface area (TPSA) is 60.8 Å². The van der Waals surface area contributed by atoms with Crippen LogP contribution in [0.1, 0.15) is 36.1 Å². The van der Waals surface area contributed by atoms with Crippen molar-refractivity contribution in [1.82, 2.24) is 4.90 Å². The number of halogens is 3. The maximum Gasteiger partial charge on any atom is 0.290 e. The fourth-order valence-electron chi connectivity index (χ4n) is 4.13. The van der Waals surface area contributed by atoms with Crippen LogP contribution in [0.4, 0.5) is 0 Å². The van der Waals surface area contributed by atoms with Crippen molar-refractivity contribution in [3.63, 3.8) is 0 Å². The molecule has 4 rings (SSSR count). The summed E-state index contributed by atoms with van der Waals surface area (Å²) in [6.07, 6.45) is 1.37. The monoisotopic (exact) mass is 453 g/mol. The van der Waals surface area contributed by atoms with Gasteiger partial charge in [0.25, 0.3) is 6.47 Å². The van der Waals surface area contributed by atoms with Crippen LogP contribution in [0.15, 0.2) is 42.0 Å². The zero-order valence-corrected chi connectivity index (χ0v) is 18.2. The second kappa shape index (κ2) is 9.50. The van der Waals surface area contributed by atoms with Crippen LogP contribution in [0.3, 0.4) is 0 Å². The molecule has 0 amide bonds. The van der Waals surface area contributed by atoms with Gasteiger partial charge in [-0.3, -0.25) is 9.69 Å². The van der Waals surface area contributed by atoms with Gasteiger partial charge < -0.3 is 10.2 Å². The van der Waals surface area contributed by atoms with Gasteiger partial charge in [0.15, 0.2) is 0 Å². The molecule has 0 saturated heterocycles. The van der Waals surface area contributed by atoms with Gasteiger partial charge in [0.2, 0.25) is 0 Å². The first-order valence-corrected chi connectivity index (χ1v) is 10.4. The van der Waals surface area contributed by atoms with Crippen molar-refractivity contribution in [3.8, 4) is 0 Å². The van der Waals surface area contributed by atoms with E-state index >= 15 is 0 Å². The van der Waals surface area contributed by atoms with Crippen molar-refractivity contribution in [3.05, 3.63) is 73.7 Å². The highest BCUT2D eigenvalue weighted by Gasteiger charge is 2.33. The summed E-state index contributed by atoms with van der Waals surface area (Å²) in [5.41, 5.74) is 6.36. The Labute approximate surface area is 185 Å². The lowest BCUT2D eigenvalue weighted by Crippen LogP contribution is -2.41. The molecule has 2 aromatic carbocycles. The standard InChI is InChI=1S/C21H20Cl3NO.CH2O2/c1-12-17-8-13-2-4-15(22)10-18(13)16(17)6-7-25(12)11-21(26)14-3-5-19(23)20(24)9-14;2-1-3/h2-5,9-10,12,21,26H,6-8,11H2,1H3;1H,(H,2,3). The smallest absolute Gasteiger partial charge is 0.290 e. The van der Waals surface area contributed by atoms with E-state index in [4.69, 9.17) is 44.7 Å². The summed E-state index contributed by atoms with van der Waals surface area (Å²) in [7, 11) is 0. The lowest BCUT2D eigenvalue weighted by molar-refractivity contribution is -0.122. The molecule has 0 fully saturated rings. The third-order valence-corrected chi connectivity index (χ3v) is 6.58. The number of benzene rings is 2. The predicted octanol–water partition coefficient (Wildman–Crippen LogP) is 5.49. The SMILES string of the molecule is CC1C2=C(CCN1CC(O)c1ccc(Cl)c(Cl)c1)c1cc(Cl)ccc1C2.O=CO. The maximum atomic E-state index is 10.7.